The summed E-state index contributed by atoms with van der Waals surface area (Å²) in [5.74, 6) is 0.382. The van der Waals surface area contributed by atoms with Crippen LogP contribution in [0.25, 0.3) is 17.1 Å². The average Bonchev–Trinajstić information content (AvgIpc) is 3.24. The molecule has 8 nitrogen and oxygen atoms in total. The minimum absolute atomic E-state index is 0.000485. The molecular formula is C24H21N5O3S. The number of rotatable bonds is 7. The number of para-hydroxylation sites is 1. The lowest BCUT2D eigenvalue weighted by Crippen LogP contribution is -2.22. The van der Waals surface area contributed by atoms with Gasteiger partial charge in [-0.3, -0.25) is 19.5 Å². The minimum Gasteiger partial charge on any atom is -0.325 e. The third kappa shape index (κ3) is 5.09. The molecule has 4 aromatic rings. The maximum Gasteiger partial charge on any atom is 0.269 e. The zero-order chi connectivity index (χ0) is 23.4. The van der Waals surface area contributed by atoms with Gasteiger partial charge in [0.1, 0.15) is 0 Å². The van der Waals surface area contributed by atoms with Crippen molar-refractivity contribution in [3.63, 3.8) is 0 Å². The van der Waals surface area contributed by atoms with Crippen molar-refractivity contribution in [2.24, 2.45) is 0 Å². The Morgan fingerprint density at radius 2 is 1.67 bits per heavy atom. The maximum atomic E-state index is 12.8. The third-order valence-corrected chi connectivity index (χ3v) is 6.00. The SMILES string of the molecule is Cc1ccc(NC(=O)C(C)Sc2nnc(-c3ccc([N+](=O)[O-])cc3)n2-c2ccccc2)cc1. The number of non-ortho nitro benzene ring substituents is 1. The first-order chi connectivity index (χ1) is 15.9. The molecule has 1 amide bonds. The molecule has 33 heavy (non-hydrogen) atoms. The Bertz CT molecular complexity index is 1270. The number of nitro benzene ring substituents is 1. The summed E-state index contributed by atoms with van der Waals surface area (Å²) in [6.45, 7) is 3.80. The van der Waals surface area contributed by atoms with E-state index in [4.69, 9.17) is 0 Å². The summed E-state index contributed by atoms with van der Waals surface area (Å²) < 4.78 is 1.85. The Morgan fingerprint density at radius 3 is 2.30 bits per heavy atom. The molecule has 0 aliphatic carbocycles. The first-order valence-electron chi connectivity index (χ1n) is 10.2. The molecule has 1 unspecified atom stereocenters. The van der Waals surface area contributed by atoms with E-state index in [0.29, 0.717) is 16.5 Å². The largest absolute Gasteiger partial charge is 0.325 e. The average molecular weight is 460 g/mol. The number of nitrogens with zero attached hydrogens (tertiary/aromatic N) is 4. The van der Waals surface area contributed by atoms with Crippen LogP contribution >= 0.6 is 11.8 Å². The molecule has 0 saturated heterocycles. The molecule has 166 valence electrons. The quantitative estimate of drug-likeness (QED) is 0.229. The van der Waals surface area contributed by atoms with Crippen molar-refractivity contribution in [1.82, 2.24) is 14.8 Å². The lowest BCUT2D eigenvalue weighted by atomic mass is 10.2. The number of benzene rings is 3. The first kappa shape index (κ1) is 22.2. The van der Waals surface area contributed by atoms with E-state index in [1.54, 1.807) is 12.1 Å². The van der Waals surface area contributed by atoms with Crippen LogP contribution in [-0.2, 0) is 4.79 Å². The molecule has 0 spiro atoms. The van der Waals surface area contributed by atoms with Crippen LogP contribution in [0.15, 0.2) is 84.0 Å². The second-order valence-electron chi connectivity index (χ2n) is 7.40. The van der Waals surface area contributed by atoms with Crippen molar-refractivity contribution in [2.75, 3.05) is 5.32 Å². The van der Waals surface area contributed by atoms with Gasteiger partial charge in [-0.1, -0.05) is 47.7 Å². The molecule has 1 heterocycles. The minimum atomic E-state index is -0.443. The van der Waals surface area contributed by atoms with Gasteiger partial charge in [-0.25, -0.2) is 0 Å². The number of nitrogens with one attached hydrogen (secondary N) is 1. The molecule has 0 aliphatic rings. The van der Waals surface area contributed by atoms with Gasteiger partial charge in [0, 0.05) is 29.1 Å². The van der Waals surface area contributed by atoms with Crippen molar-refractivity contribution in [2.45, 2.75) is 24.3 Å². The van der Waals surface area contributed by atoms with Crippen molar-refractivity contribution in [1.29, 1.82) is 0 Å². The number of hydrogen-bond donors (Lipinski definition) is 1. The molecule has 1 N–H and O–H groups in total. The molecule has 4 rings (SSSR count). The maximum absolute atomic E-state index is 12.8. The zero-order valence-corrected chi connectivity index (χ0v) is 18.8. The predicted molar refractivity (Wildman–Crippen MR) is 129 cm³/mol. The number of hydrogen-bond acceptors (Lipinski definition) is 6. The van der Waals surface area contributed by atoms with Gasteiger partial charge in [0.2, 0.25) is 5.91 Å². The zero-order valence-electron chi connectivity index (χ0n) is 18.0. The fourth-order valence-corrected chi connectivity index (χ4v) is 4.04. The summed E-state index contributed by atoms with van der Waals surface area (Å²) >= 11 is 1.29. The number of aryl methyl sites for hydroxylation is 1. The van der Waals surface area contributed by atoms with E-state index < -0.39 is 10.2 Å². The van der Waals surface area contributed by atoms with Gasteiger partial charge in [0.05, 0.1) is 10.2 Å². The molecule has 1 aromatic heterocycles. The first-order valence-corrected chi connectivity index (χ1v) is 11.1. The molecule has 0 fully saturated rings. The topological polar surface area (TPSA) is 103 Å². The standard InChI is InChI=1S/C24H21N5O3S/c1-16-8-12-19(13-9-16)25-23(30)17(2)33-24-27-26-22(28(24)20-6-4-3-5-7-20)18-10-14-21(15-11-18)29(31)32/h3-15,17H,1-2H3,(H,25,30). The van der Waals surface area contributed by atoms with E-state index in [2.05, 4.69) is 15.5 Å². The number of carbonyl (C=O) groups excluding carboxylic acids is 1. The Labute approximate surface area is 194 Å². The fraction of sp³-hybridized carbons (Fsp3) is 0.125. The number of nitro groups is 1. The molecule has 9 heteroatoms. The highest BCUT2D eigenvalue weighted by Gasteiger charge is 2.22. The van der Waals surface area contributed by atoms with E-state index in [-0.39, 0.29) is 11.6 Å². The highest BCUT2D eigenvalue weighted by atomic mass is 32.2. The van der Waals surface area contributed by atoms with Crippen LogP contribution in [0.2, 0.25) is 0 Å². The Morgan fingerprint density at radius 1 is 1.00 bits per heavy atom. The number of carbonyl (C=O) groups is 1. The summed E-state index contributed by atoms with van der Waals surface area (Å²) in [6, 6.07) is 23.3. The van der Waals surface area contributed by atoms with E-state index in [0.717, 1.165) is 16.9 Å². The number of thioether (sulfide) groups is 1. The van der Waals surface area contributed by atoms with Crippen molar-refractivity contribution in [3.8, 4) is 17.1 Å². The van der Waals surface area contributed by atoms with Crippen molar-refractivity contribution in [3.05, 3.63) is 94.5 Å². The predicted octanol–water partition coefficient (Wildman–Crippen LogP) is 5.27. The second kappa shape index (κ2) is 9.66. The molecule has 0 saturated carbocycles. The van der Waals surface area contributed by atoms with Gasteiger partial charge >= 0.3 is 0 Å². The lowest BCUT2D eigenvalue weighted by Gasteiger charge is -2.14. The monoisotopic (exact) mass is 459 g/mol. The van der Waals surface area contributed by atoms with Crippen LogP contribution in [0.4, 0.5) is 11.4 Å². The van der Waals surface area contributed by atoms with Gasteiger partial charge in [-0.15, -0.1) is 10.2 Å². The fourth-order valence-electron chi connectivity index (χ4n) is 3.17. The highest BCUT2D eigenvalue weighted by Crippen LogP contribution is 2.31. The van der Waals surface area contributed by atoms with Crippen LogP contribution in [0.1, 0.15) is 12.5 Å². The summed E-state index contributed by atoms with van der Waals surface area (Å²) in [4.78, 5) is 23.3. The Hall–Kier alpha value is -3.98. The summed E-state index contributed by atoms with van der Waals surface area (Å²) in [6.07, 6.45) is 0. The number of amides is 1. The van der Waals surface area contributed by atoms with Gasteiger partial charge in [-0.2, -0.15) is 0 Å². The number of aromatic nitrogens is 3. The summed E-state index contributed by atoms with van der Waals surface area (Å²) in [5.41, 5.74) is 3.35. The smallest absolute Gasteiger partial charge is 0.269 e. The normalized spacial score (nSPS) is 11.7. The van der Waals surface area contributed by atoms with Gasteiger partial charge in [-0.05, 0) is 50.2 Å². The Kier molecular flexibility index (Phi) is 6.50. The molecule has 3 aromatic carbocycles. The van der Waals surface area contributed by atoms with Gasteiger partial charge in [0.15, 0.2) is 11.0 Å². The second-order valence-corrected chi connectivity index (χ2v) is 8.70. The van der Waals surface area contributed by atoms with Crippen LogP contribution in [0, 0.1) is 17.0 Å². The van der Waals surface area contributed by atoms with E-state index in [1.165, 1.54) is 23.9 Å². The lowest BCUT2D eigenvalue weighted by molar-refractivity contribution is -0.384. The molecule has 0 bridgehead atoms. The van der Waals surface area contributed by atoms with E-state index in [1.807, 2.05) is 73.0 Å². The number of anilines is 1. The van der Waals surface area contributed by atoms with Crippen LogP contribution in [-0.4, -0.2) is 30.8 Å². The molecule has 1 atom stereocenters. The summed E-state index contributed by atoms with van der Waals surface area (Å²) in [7, 11) is 0. The summed E-state index contributed by atoms with van der Waals surface area (Å²) in [5, 5.41) is 22.7. The van der Waals surface area contributed by atoms with Crippen LogP contribution in [0.3, 0.4) is 0 Å². The van der Waals surface area contributed by atoms with E-state index in [9.17, 15) is 14.9 Å². The molecule has 0 radical (unpaired) electrons. The van der Waals surface area contributed by atoms with Gasteiger partial charge in [0.25, 0.3) is 5.69 Å². The Balaban J connectivity index is 1.63. The molecule has 0 aliphatic heterocycles. The van der Waals surface area contributed by atoms with Crippen molar-refractivity contribution < 1.29 is 9.72 Å². The van der Waals surface area contributed by atoms with Crippen LogP contribution in [0.5, 0.6) is 0 Å². The van der Waals surface area contributed by atoms with Crippen LogP contribution < -0.4 is 5.32 Å². The highest BCUT2D eigenvalue weighted by molar-refractivity contribution is 8.00. The van der Waals surface area contributed by atoms with Gasteiger partial charge < -0.3 is 5.32 Å². The van der Waals surface area contributed by atoms with E-state index >= 15 is 0 Å². The third-order valence-electron chi connectivity index (χ3n) is 4.95. The molecular weight excluding hydrogens is 438 g/mol. The van der Waals surface area contributed by atoms with Crippen molar-refractivity contribution >= 4 is 29.0 Å².